The molecule has 0 unspecified atom stereocenters. The fourth-order valence-corrected chi connectivity index (χ4v) is 2.62. The Labute approximate surface area is 172 Å². The minimum Gasteiger partial charge on any atom is -0.465 e. The molecular formula is C22H15ClN2O4. The lowest BCUT2D eigenvalue weighted by Gasteiger charge is -2.05. The maximum Gasteiger partial charge on any atom is 0.337 e. The molecule has 3 aromatic rings. The van der Waals surface area contributed by atoms with Crippen LogP contribution >= 0.6 is 11.6 Å². The number of hydrogen-bond donors (Lipinski definition) is 1. The van der Waals surface area contributed by atoms with Crippen molar-refractivity contribution in [3.8, 4) is 17.4 Å². The second-order valence-electron chi connectivity index (χ2n) is 5.90. The van der Waals surface area contributed by atoms with Crippen molar-refractivity contribution in [3.63, 3.8) is 0 Å². The van der Waals surface area contributed by atoms with Crippen molar-refractivity contribution in [2.45, 2.75) is 0 Å². The van der Waals surface area contributed by atoms with Gasteiger partial charge < -0.3 is 14.5 Å². The van der Waals surface area contributed by atoms with Crippen molar-refractivity contribution in [3.05, 3.63) is 82.6 Å². The second kappa shape index (κ2) is 8.91. The minimum atomic E-state index is -0.595. The highest BCUT2D eigenvalue weighted by Crippen LogP contribution is 2.25. The average molecular weight is 407 g/mol. The number of nitrogens with zero attached hydrogens (tertiary/aromatic N) is 1. The Bertz CT molecular complexity index is 1110. The molecule has 6 nitrogen and oxygen atoms in total. The number of methoxy groups -OCH3 is 1. The molecule has 1 aromatic heterocycles. The molecule has 7 heteroatoms. The summed E-state index contributed by atoms with van der Waals surface area (Å²) in [6, 6.07) is 18.5. The van der Waals surface area contributed by atoms with Crippen LogP contribution in [0.15, 0.2) is 70.7 Å². The van der Waals surface area contributed by atoms with E-state index in [0.717, 1.165) is 5.56 Å². The topological polar surface area (TPSA) is 92.3 Å². The van der Waals surface area contributed by atoms with Crippen molar-refractivity contribution in [1.29, 1.82) is 5.26 Å². The normalized spacial score (nSPS) is 10.9. The summed E-state index contributed by atoms with van der Waals surface area (Å²) in [5.41, 5.74) is 1.48. The van der Waals surface area contributed by atoms with Gasteiger partial charge in [-0.05, 0) is 60.7 Å². The first-order chi connectivity index (χ1) is 14.0. The molecule has 1 N–H and O–H groups in total. The SMILES string of the molecule is COC(=O)c1ccc(NC(=O)/C(C#N)=C/c2ccc(-c3ccc(Cl)cc3)o2)cc1. The van der Waals surface area contributed by atoms with Gasteiger partial charge in [0.1, 0.15) is 23.2 Å². The van der Waals surface area contributed by atoms with Gasteiger partial charge in [0.05, 0.1) is 12.7 Å². The molecule has 1 heterocycles. The third kappa shape index (κ3) is 4.92. The third-order valence-corrected chi connectivity index (χ3v) is 4.22. The molecule has 2 aromatic carbocycles. The predicted octanol–water partition coefficient (Wildman–Crippen LogP) is 4.93. The van der Waals surface area contributed by atoms with Crippen LogP contribution in [0, 0.1) is 11.3 Å². The van der Waals surface area contributed by atoms with E-state index in [0.29, 0.717) is 27.8 Å². The Morgan fingerprint density at radius 2 is 1.76 bits per heavy atom. The van der Waals surface area contributed by atoms with E-state index >= 15 is 0 Å². The summed E-state index contributed by atoms with van der Waals surface area (Å²) in [7, 11) is 1.29. The van der Waals surface area contributed by atoms with Gasteiger partial charge in [0.2, 0.25) is 0 Å². The highest BCUT2D eigenvalue weighted by molar-refractivity contribution is 6.30. The van der Waals surface area contributed by atoms with Crippen molar-refractivity contribution in [2.24, 2.45) is 0 Å². The van der Waals surface area contributed by atoms with Crippen molar-refractivity contribution >= 4 is 35.2 Å². The van der Waals surface area contributed by atoms with Gasteiger partial charge >= 0.3 is 5.97 Å². The van der Waals surface area contributed by atoms with Gasteiger partial charge in [0.25, 0.3) is 5.91 Å². The summed E-state index contributed by atoms with van der Waals surface area (Å²) in [5, 5.41) is 12.6. The molecule has 0 bridgehead atoms. The smallest absolute Gasteiger partial charge is 0.337 e. The van der Waals surface area contributed by atoms with E-state index in [1.54, 1.807) is 36.4 Å². The van der Waals surface area contributed by atoms with Crippen LogP contribution in [-0.4, -0.2) is 19.0 Å². The number of esters is 1. The third-order valence-electron chi connectivity index (χ3n) is 3.97. The molecule has 0 aliphatic carbocycles. The van der Waals surface area contributed by atoms with Crippen LogP contribution in [0.5, 0.6) is 0 Å². The van der Waals surface area contributed by atoms with Crippen LogP contribution in [0.1, 0.15) is 16.1 Å². The van der Waals surface area contributed by atoms with Crippen LogP contribution in [0.25, 0.3) is 17.4 Å². The molecule has 0 spiro atoms. The zero-order valence-electron chi connectivity index (χ0n) is 15.3. The minimum absolute atomic E-state index is 0.126. The summed E-state index contributed by atoms with van der Waals surface area (Å²) in [4.78, 5) is 23.8. The van der Waals surface area contributed by atoms with E-state index < -0.39 is 11.9 Å². The van der Waals surface area contributed by atoms with Crippen molar-refractivity contribution in [1.82, 2.24) is 0 Å². The Balaban J connectivity index is 1.74. The van der Waals surface area contributed by atoms with E-state index in [9.17, 15) is 14.9 Å². The van der Waals surface area contributed by atoms with Crippen LogP contribution in [0.2, 0.25) is 5.02 Å². The lowest BCUT2D eigenvalue weighted by Crippen LogP contribution is -2.13. The summed E-state index contributed by atoms with van der Waals surface area (Å²) >= 11 is 5.88. The fraction of sp³-hybridized carbons (Fsp3) is 0.0455. The van der Waals surface area contributed by atoms with Crippen molar-refractivity contribution < 1.29 is 18.7 Å². The molecule has 29 heavy (non-hydrogen) atoms. The number of nitrogens with one attached hydrogen (secondary N) is 1. The van der Waals surface area contributed by atoms with Crippen molar-refractivity contribution in [2.75, 3.05) is 12.4 Å². The van der Waals surface area contributed by atoms with Gasteiger partial charge in [-0.3, -0.25) is 4.79 Å². The molecule has 0 aliphatic rings. The van der Waals surface area contributed by atoms with E-state index in [1.165, 1.54) is 25.3 Å². The van der Waals surface area contributed by atoms with Crippen LogP contribution < -0.4 is 5.32 Å². The first kappa shape index (κ1) is 19.9. The number of halogens is 1. The highest BCUT2D eigenvalue weighted by atomic mass is 35.5. The van der Waals surface area contributed by atoms with Crippen LogP contribution in [0.3, 0.4) is 0 Å². The Morgan fingerprint density at radius 1 is 1.07 bits per heavy atom. The van der Waals surface area contributed by atoms with E-state index in [1.807, 2.05) is 18.2 Å². The lowest BCUT2D eigenvalue weighted by molar-refractivity contribution is -0.112. The number of carbonyl (C=O) groups is 2. The molecule has 0 aliphatic heterocycles. The first-order valence-electron chi connectivity index (χ1n) is 8.47. The number of ether oxygens (including phenoxy) is 1. The zero-order chi connectivity index (χ0) is 20.8. The standard InChI is InChI=1S/C22H15ClN2O4/c1-28-22(27)15-4-8-18(9-5-15)25-21(26)16(13-24)12-19-10-11-20(29-19)14-2-6-17(23)7-3-14/h2-12H,1H3,(H,25,26)/b16-12+. The van der Waals surface area contributed by atoms with E-state index in [-0.39, 0.29) is 5.57 Å². The maximum absolute atomic E-state index is 12.4. The number of benzene rings is 2. The monoisotopic (exact) mass is 406 g/mol. The summed E-state index contributed by atoms with van der Waals surface area (Å²) in [6.07, 6.45) is 1.36. The van der Waals surface area contributed by atoms with Crippen LogP contribution in [0.4, 0.5) is 5.69 Å². The predicted molar refractivity (Wildman–Crippen MR) is 109 cm³/mol. The maximum atomic E-state index is 12.4. The van der Waals surface area contributed by atoms with Gasteiger partial charge in [0, 0.05) is 22.3 Å². The Hall–Kier alpha value is -3.82. The van der Waals surface area contributed by atoms with E-state index in [4.69, 9.17) is 16.0 Å². The number of furan rings is 1. The number of nitriles is 1. The molecule has 0 saturated heterocycles. The first-order valence-corrected chi connectivity index (χ1v) is 8.85. The molecule has 0 saturated carbocycles. The molecule has 0 atom stereocenters. The summed E-state index contributed by atoms with van der Waals surface area (Å²) in [6.45, 7) is 0. The lowest BCUT2D eigenvalue weighted by atomic mass is 10.2. The van der Waals surface area contributed by atoms with Gasteiger partial charge in [0.15, 0.2) is 0 Å². The molecule has 3 rings (SSSR count). The number of carbonyl (C=O) groups excluding carboxylic acids is 2. The summed E-state index contributed by atoms with van der Waals surface area (Å²) < 4.78 is 10.3. The molecule has 0 radical (unpaired) electrons. The Morgan fingerprint density at radius 3 is 2.38 bits per heavy atom. The van der Waals surface area contributed by atoms with Crippen LogP contribution in [-0.2, 0) is 9.53 Å². The molecular weight excluding hydrogens is 392 g/mol. The quantitative estimate of drug-likeness (QED) is 0.368. The van der Waals surface area contributed by atoms with Gasteiger partial charge in [-0.2, -0.15) is 5.26 Å². The second-order valence-corrected chi connectivity index (χ2v) is 6.34. The molecule has 144 valence electrons. The van der Waals surface area contributed by atoms with E-state index in [2.05, 4.69) is 10.1 Å². The number of amides is 1. The van der Waals surface area contributed by atoms with Gasteiger partial charge in [-0.15, -0.1) is 0 Å². The van der Waals surface area contributed by atoms with Gasteiger partial charge in [-0.1, -0.05) is 11.6 Å². The largest absolute Gasteiger partial charge is 0.465 e. The fourth-order valence-electron chi connectivity index (χ4n) is 2.50. The van der Waals surface area contributed by atoms with Gasteiger partial charge in [-0.25, -0.2) is 4.79 Å². The molecule has 0 fully saturated rings. The number of anilines is 1. The number of hydrogen-bond acceptors (Lipinski definition) is 5. The summed E-state index contributed by atoms with van der Waals surface area (Å²) in [5.74, 6) is -0.121. The zero-order valence-corrected chi connectivity index (χ0v) is 16.1. The Kier molecular flexibility index (Phi) is 6.12. The highest BCUT2D eigenvalue weighted by Gasteiger charge is 2.12. The molecule has 1 amide bonds. The number of rotatable bonds is 5. The average Bonchev–Trinajstić information content (AvgIpc) is 3.21.